The minimum Gasteiger partial charge on any atom is -0.550 e. The number of unbranched alkanes of at least 4 members (excludes halogenated alkanes) is 16. The van der Waals surface area contributed by atoms with Gasteiger partial charge < -0.3 is 9.90 Å². The van der Waals surface area contributed by atoms with Crippen molar-refractivity contribution in [1.82, 2.24) is 0 Å². The molecule has 1 atom stereocenters. The summed E-state index contributed by atoms with van der Waals surface area (Å²) in [6.45, 7) is 6.42. The molecule has 2 nitrogen and oxygen atoms in total. The number of carboxylic acids is 1. The first kappa shape index (κ1) is 30.7. The Morgan fingerprint density at radius 2 is 0.821 bits per heavy atom. The second kappa shape index (κ2) is 22.2. The minimum absolute atomic E-state index is 0. The quantitative estimate of drug-likeness (QED) is 0.207. The maximum Gasteiger partial charge on any atom is 1.00 e. The van der Waals surface area contributed by atoms with Gasteiger partial charge in [-0.15, -0.1) is 0 Å². The standard InChI is InChI=1S/C25H50O2.Na/c1-4-6-8-10-12-14-15-17-19-21-23-25(3,24(26)27)22-20-18-16-13-11-9-7-5-2;/h4-23H2,1-3H3,(H,26,27);/q;+1/p-1. The van der Waals surface area contributed by atoms with Crippen LogP contribution < -0.4 is 34.7 Å². The zero-order valence-corrected chi connectivity index (χ0v) is 22.0. The molecule has 0 aliphatic carbocycles. The third-order valence-corrected chi connectivity index (χ3v) is 6.16. The Morgan fingerprint density at radius 3 is 1.07 bits per heavy atom. The number of aliphatic carboxylic acids is 1. The molecule has 0 aliphatic heterocycles. The summed E-state index contributed by atoms with van der Waals surface area (Å²) in [5.41, 5.74) is -0.609. The monoisotopic (exact) mass is 404 g/mol. The molecule has 0 radical (unpaired) electrons. The molecule has 0 N–H and O–H groups in total. The van der Waals surface area contributed by atoms with E-state index in [9.17, 15) is 9.90 Å². The predicted molar refractivity (Wildman–Crippen MR) is 117 cm³/mol. The van der Waals surface area contributed by atoms with Gasteiger partial charge in [0.25, 0.3) is 0 Å². The van der Waals surface area contributed by atoms with Gasteiger partial charge in [0, 0.05) is 11.4 Å². The van der Waals surface area contributed by atoms with Crippen LogP contribution >= 0.6 is 0 Å². The fourth-order valence-electron chi connectivity index (χ4n) is 3.98. The zero-order valence-electron chi connectivity index (χ0n) is 20.0. The smallest absolute Gasteiger partial charge is 0.550 e. The Labute approximate surface area is 199 Å². The number of rotatable bonds is 21. The Kier molecular flexibility index (Phi) is 24.3. The molecule has 1 unspecified atom stereocenters. The van der Waals surface area contributed by atoms with Gasteiger partial charge in [-0.3, -0.25) is 0 Å². The second-order valence-corrected chi connectivity index (χ2v) is 9.00. The molecular formula is C25H49NaO2. The average molecular weight is 405 g/mol. The molecule has 0 saturated carbocycles. The van der Waals surface area contributed by atoms with Crippen molar-refractivity contribution in [2.24, 2.45) is 5.41 Å². The van der Waals surface area contributed by atoms with E-state index in [1.165, 1.54) is 103 Å². The summed E-state index contributed by atoms with van der Waals surface area (Å²) in [4.78, 5) is 11.6. The van der Waals surface area contributed by atoms with E-state index in [1.807, 2.05) is 6.92 Å². The summed E-state index contributed by atoms with van der Waals surface area (Å²) in [7, 11) is 0. The molecule has 0 spiro atoms. The number of hydrogen-bond donors (Lipinski definition) is 0. The van der Waals surface area contributed by atoms with Crippen LogP contribution in [0.1, 0.15) is 149 Å². The summed E-state index contributed by atoms with van der Waals surface area (Å²) < 4.78 is 0. The normalized spacial score (nSPS) is 13.1. The summed E-state index contributed by atoms with van der Waals surface area (Å²) in [6.07, 6.45) is 24.7. The van der Waals surface area contributed by atoms with Gasteiger partial charge >= 0.3 is 29.6 Å². The van der Waals surface area contributed by atoms with Gasteiger partial charge in [0.05, 0.1) is 0 Å². The van der Waals surface area contributed by atoms with E-state index in [0.717, 1.165) is 25.7 Å². The third-order valence-electron chi connectivity index (χ3n) is 6.16. The van der Waals surface area contributed by atoms with Crippen molar-refractivity contribution in [1.29, 1.82) is 0 Å². The van der Waals surface area contributed by atoms with Crippen molar-refractivity contribution < 1.29 is 39.5 Å². The molecule has 0 aromatic rings. The summed E-state index contributed by atoms with van der Waals surface area (Å²) in [5, 5.41) is 11.6. The summed E-state index contributed by atoms with van der Waals surface area (Å²) in [5.74, 6) is -0.832. The molecule has 3 heteroatoms. The van der Waals surface area contributed by atoms with E-state index in [0.29, 0.717) is 0 Å². The van der Waals surface area contributed by atoms with Crippen molar-refractivity contribution in [3.63, 3.8) is 0 Å². The molecule has 0 bridgehead atoms. The molecule has 162 valence electrons. The van der Waals surface area contributed by atoms with E-state index in [1.54, 1.807) is 0 Å². The molecule has 28 heavy (non-hydrogen) atoms. The van der Waals surface area contributed by atoms with Crippen molar-refractivity contribution in [3.8, 4) is 0 Å². The molecule has 0 heterocycles. The van der Waals surface area contributed by atoms with Crippen LogP contribution in [0.15, 0.2) is 0 Å². The van der Waals surface area contributed by atoms with Crippen LogP contribution in [0.5, 0.6) is 0 Å². The number of carbonyl (C=O) groups excluding carboxylic acids is 1. The molecule has 0 saturated heterocycles. The molecule has 0 amide bonds. The zero-order chi connectivity index (χ0) is 20.2. The first-order valence-electron chi connectivity index (χ1n) is 12.3. The molecule has 0 fully saturated rings. The fraction of sp³-hybridized carbons (Fsp3) is 0.960. The van der Waals surface area contributed by atoms with Crippen LogP contribution in [0.25, 0.3) is 0 Å². The van der Waals surface area contributed by atoms with Crippen molar-refractivity contribution in [2.45, 2.75) is 149 Å². The van der Waals surface area contributed by atoms with E-state index in [4.69, 9.17) is 0 Å². The van der Waals surface area contributed by atoms with Gasteiger partial charge in [0.2, 0.25) is 0 Å². The van der Waals surface area contributed by atoms with E-state index in [-0.39, 0.29) is 29.6 Å². The van der Waals surface area contributed by atoms with Crippen LogP contribution in [0, 0.1) is 5.41 Å². The van der Waals surface area contributed by atoms with Crippen molar-refractivity contribution in [2.75, 3.05) is 0 Å². The van der Waals surface area contributed by atoms with Gasteiger partial charge in [-0.05, 0) is 12.8 Å². The molecule has 0 aromatic heterocycles. The molecular weight excluding hydrogens is 355 g/mol. The van der Waals surface area contributed by atoms with E-state index >= 15 is 0 Å². The van der Waals surface area contributed by atoms with Crippen molar-refractivity contribution in [3.05, 3.63) is 0 Å². The van der Waals surface area contributed by atoms with Crippen LogP contribution in [-0.2, 0) is 4.79 Å². The van der Waals surface area contributed by atoms with E-state index in [2.05, 4.69) is 13.8 Å². The van der Waals surface area contributed by atoms with Gasteiger partial charge in [0.15, 0.2) is 0 Å². The van der Waals surface area contributed by atoms with Crippen molar-refractivity contribution >= 4 is 5.97 Å². The summed E-state index contributed by atoms with van der Waals surface area (Å²) >= 11 is 0. The molecule has 0 rings (SSSR count). The van der Waals surface area contributed by atoms with Gasteiger partial charge in [-0.2, -0.15) is 0 Å². The Morgan fingerprint density at radius 1 is 0.571 bits per heavy atom. The first-order chi connectivity index (χ1) is 13.1. The maximum absolute atomic E-state index is 11.6. The fourth-order valence-corrected chi connectivity index (χ4v) is 3.98. The number of carbonyl (C=O) groups is 1. The first-order valence-corrected chi connectivity index (χ1v) is 12.3. The van der Waals surface area contributed by atoms with Crippen LogP contribution in [0.3, 0.4) is 0 Å². The number of carboxylic acid groups (broad SMARTS) is 1. The Bertz CT molecular complexity index is 333. The SMILES string of the molecule is CCCCCCCCCCCCC(C)(CCCCCCCCCC)C(=O)[O-].[Na+]. The van der Waals surface area contributed by atoms with Crippen LogP contribution in [0.4, 0.5) is 0 Å². The van der Waals surface area contributed by atoms with Gasteiger partial charge in [-0.25, -0.2) is 0 Å². The van der Waals surface area contributed by atoms with Crippen LogP contribution in [0.2, 0.25) is 0 Å². The summed E-state index contributed by atoms with van der Waals surface area (Å²) in [6, 6.07) is 0. The molecule has 0 aliphatic rings. The predicted octanol–water partition coefficient (Wildman–Crippen LogP) is 4.59. The second-order valence-electron chi connectivity index (χ2n) is 9.00. The van der Waals surface area contributed by atoms with E-state index < -0.39 is 11.4 Å². The average Bonchev–Trinajstić information content (AvgIpc) is 2.65. The largest absolute Gasteiger partial charge is 1.00 e. The third kappa shape index (κ3) is 18.5. The topological polar surface area (TPSA) is 40.1 Å². The molecule has 0 aromatic carbocycles. The minimum atomic E-state index is -0.832. The van der Waals surface area contributed by atoms with Crippen LogP contribution in [-0.4, -0.2) is 5.97 Å². The maximum atomic E-state index is 11.6. The Hall–Kier alpha value is 0.470. The Balaban J connectivity index is 0. The number of hydrogen-bond acceptors (Lipinski definition) is 2. The van der Waals surface area contributed by atoms with Gasteiger partial charge in [-0.1, -0.05) is 136 Å². The van der Waals surface area contributed by atoms with Gasteiger partial charge in [0.1, 0.15) is 0 Å².